The molecule has 0 saturated carbocycles. The van der Waals surface area contributed by atoms with Crippen LogP contribution in [0.3, 0.4) is 0 Å². The zero-order valence-electron chi connectivity index (χ0n) is 37.7. The highest BCUT2D eigenvalue weighted by atomic mass is 19.1. The molecular formula is C46H58FN9O10. The van der Waals surface area contributed by atoms with Crippen LogP contribution in [0, 0.1) is 11.7 Å². The van der Waals surface area contributed by atoms with Crippen LogP contribution in [0.25, 0.3) is 10.9 Å². The summed E-state index contributed by atoms with van der Waals surface area (Å²) in [6.07, 6.45) is 5.92. The summed E-state index contributed by atoms with van der Waals surface area (Å²) in [4.78, 5) is 107. The van der Waals surface area contributed by atoms with E-state index in [4.69, 9.17) is 15.2 Å². The van der Waals surface area contributed by atoms with Crippen LogP contribution in [-0.2, 0) is 35.3 Å². The van der Waals surface area contributed by atoms with Crippen LogP contribution < -0.4 is 42.1 Å². The lowest BCUT2D eigenvalue weighted by molar-refractivity contribution is -0.137. The predicted octanol–water partition coefficient (Wildman–Crippen LogP) is 2.70. The number of urea groups is 1. The number of aromatic nitrogens is 1. The number of likely N-dealkylation sites (N-methyl/N-ethyl adjacent to an activating group) is 1. The number of nitrogens with one attached hydrogen (secondary N) is 4. The molecule has 19 nitrogen and oxygen atoms in total. The molecule has 7 amide bonds. The monoisotopic (exact) mass is 915 g/mol. The smallest absolute Gasteiger partial charge is 0.343 e. The molecule has 3 aliphatic heterocycles. The van der Waals surface area contributed by atoms with Crippen molar-refractivity contribution < 1.29 is 47.4 Å². The number of imide groups is 1. The zero-order chi connectivity index (χ0) is 47.7. The summed E-state index contributed by atoms with van der Waals surface area (Å²) in [5.74, 6) is -3.83. The number of rotatable bonds is 20. The first-order chi connectivity index (χ1) is 31.5. The number of carbonyl (C=O) groups is 7. The van der Waals surface area contributed by atoms with Gasteiger partial charge in [-0.2, -0.15) is 0 Å². The van der Waals surface area contributed by atoms with Crippen molar-refractivity contribution in [1.29, 1.82) is 0 Å². The molecule has 4 heterocycles. The lowest BCUT2D eigenvalue weighted by atomic mass is 10.0. The number of amides is 7. The number of ether oxygens (including phenoxy) is 2. The lowest BCUT2D eigenvalue weighted by Crippen LogP contribution is -2.54. The van der Waals surface area contributed by atoms with Gasteiger partial charge in [0, 0.05) is 69.7 Å². The maximum atomic E-state index is 15.8. The number of hydrogen-bond donors (Lipinski definition) is 5. The first-order valence-electron chi connectivity index (χ1n) is 22.2. The van der Waals surface area contributed by atoms with E-state index >= 15 is 4.39 Å². The summed E-state index contributed by atoms with van der Waals surface area (Å²) in [6.45, 7) is 8.40. The van der Waals surface area contributed by atoms with E-state index in [1.54, 1.807) is 42.7 Å². The number of halogens is 1. The summed E-state index contributed by atoms with van der Waals surface area (Å²) in [6, 6.07) is 4.46. The van der Waals surface area contributed by atoms with E-state index in [0.29, 0.717) is 54.8 Å². The molecule has 2 aromatic carbocycles. The second-order valence-corrected chi connectivity index (χ2v) is 17.2. The molecule has 66 heavy (non-hydrogen) atoms. The number of esters is 1. The van der Waals surface area contributed by atoms with Gasteiger partial charge in [-0.05, 0) is 69.3 Å². The molecule has 1 fully saturated rings. The third-order valence-corrected chi connectivity index (χ3v) is 11.8. The molecule has 1 aromatic heterocycles. The van der Waals surface area contributed by atoms with Crippen LogP contribution in [0.4, 0.5) is 20.6 Å². The Labute approximate surface area is 381 Å². The highest BCUT2D eigenvalue weighted by Gasteiger charge is 2.32. The Morgan fingerprint density at radius 2 is 1.62 bits per heavy atom. The summed E-state index contributed by atoms with van der Waals surface area (Å²) >= 11 is 0. The van der Waals surface area contributed by atoms with Crippen molar-refractivity contribution in [3.8, 4) is 5.75 Å². The molecule has 3 atom stereocenters. The number of piperazine rings is 1. The number of nitrogens with two attached hydrogens (primary N) is 1. The highest BCUT2D eigenvalue weighted by molar-refractivity contribution is 6.12. The Balaban J connectivity index is 1.06. The summed E-state index contributed by atoms with van der Waals surface area (Å²) in [7, 11) is 2.00. The zero-order valence-corrected chi connectivity index (χ0v) is 37.7. The van der Waals surface area contributed by atoms with Crippen LogP contribution in [0.15, 0.2) is 53.5 Å². The van der Waals surface area contributed by atoms with Crippen molar-refractivity contribution >= 4 is 63.8 Å². The molecule has 6 rings (SSSR count). The van der Waals surface area contributed by atoms with Gasteiger partial charge in [-0.3, -0.25) is 33.7 Å². The van der Waals surface area contributed by atoms with Gasteiger partial charge in [-0.15, -0.1) is 0 Å². The second kappa shape index (κ2) is 21.9. The van der Waals surface area contributed by atoms with Gasteiger partial charge < -0.3 is 50.8 Å². The van der Waals surface area contributed by atoms with Gasteiger partial charge in [0.05, 0.1) is 16.9 Å². The van der Waals surface area contributed by atoms with Gasteiger partial charge in [0.25, 0.3) is 11.8 Å². The number of carbonyl (C=O) groups excluding carboxylic acids is 7. The maximum Gasteiger partial charge on any atom is 0.343 e. The minimum atomic E-state index is -1.08. The van der Waals surface area contributed by atoms with Gasteiger partial charge in [-0.25, -0.2) is 14.0 Å². The molecule has 1 saturated heterocycles. The number of primary amides is 1. The molecule has 0 radical (unpaired) electrons. The quantitative estimate of drug-likeness (QED) is 0.0625. The molecule has 354 valence electrons. The van der Waals surface area contributed by atoms with E-state index in [1.165, 1.54) is 24.4 Å². The van der Waals surface area contributed by atoms with E-state index < -0.39 is 47.1 Å². The number of hydrogen-bond acceptors (Lipinski definition) is 12. The summed E-state index contributed by atoms with van der Waals surface area (Å²) < 4.78 is 29.2. The van der Waals surface area contributed by atoms with Crippen LogP contribution in [0.5, 0.6) is 5.75 Å². The molecule has 0 bridgehead atoms. The third kappa shape index (κ3) is 11.9. The maximum absolute atomic E-state index is 15.8. The topological polar surface area (TPSA) is 244 Å². The van der Waals surface area contributed by atoms with Crippen molar-refractivity contribution in [3.63, 3.8) is 0 Å². The van der Waals surface area contributed by atoms with Crippen LogP contribution in [-0.4, -0.2) is 121 Å². The Morgan fingerprint density at radius 3 is 2.29 bits per heavy atom. The average molecular weight is 916 g/mol. The third-order valence-electron chi connectivity index (χ3n) is 11.8. The lowest BCUT2D eigenvalue weighted by Gasteiger charge is -2.37. The van der Waals surface area contributed by atoms with Crippen molar-refractivity contribution in [1.82, 2.24) is 30.3 Å². The molecule has 3 aromatic rings. The first-order valence-corrected chi connectivity index (χ1v) is 22.2. The molecular weight excluding hydrogens is 858 g/mol. The number of pyridine rings is 1. The van der Waals surface area contributed by atoms with Gasteiger partial charge in [-0.1, -0.05) is 32.4 Å². The molecule has 1 unspecified atom stereocenters. The van der Waals surface area contributed by atoms with E-state index in [-0.39, 0.29) is 91.9 Å². The minimum Gasteiger partial charge on any atom is -0.487 e. The van der Waals surface area contributed by atoms with Crippen LogP contribution in [0.2, 0.25) is 0 Å². The Hall–Kier alpha value is -6.83. The number of unbranched alkanes of at least 4 members (excludes halogenated alkanes) is 2. The summed E-state index contributed by atoms with van der Waals surface area (Å²) in [5, 5.41) is 10.7. The van der Waals surface area contributed by atoms with Crippen LogP contribution in [0.1, 0.15) is 81.3 Å². The van der Waals surface area contributed by atoms with Gasteiger partial charge in [0.1, 0.15) is 36.5 Å². The SMILES string of the molecule is CC(C)[C@H](NC(=O)CCCCCN1C(=O)C=CC1=O)C(=O)N[C@@H](CCCNC(N)=O)C(=O)Nc1ccc(COC(=O)c2cn3c4c(c(N5CCN(C)CC5)c(F)cc4c2=O)OCC3C)cc1. The molecule has 6 N–H and O–H groups in total. The standard InChI is InChI=1S/C46H58FN9O10/c1-27(2)38(52-35(57)10-6-5-7-18-55-36(58)15-16-37(55)59)44(62)51-34(9-8-17-49-46(48)64)43(61)50-30-13-11-29(12-14-30)26-66-45(63)32-24-56-28(3)25-65-42-39(56)31(41(32)60)23-33(47)40(42)54-21-19-53(4)20-22-54/h11-16,23-24,27-28,34,38H,5-10,17-22,25-26H2,1-4H3,(H,50,61)(H,51,62)(H,52,57)(H3,48,49,64)/t28?,34-,38-/m0/s1. The first kappa shape index (κ1) is 48.6. The Kier molecular flexibility index (Phi) is 16.1. The summed E-state index contributed by atoms with van der Waals surface area (Å²) in [5.41, 5.74) is 5.87. The largest absolute Gasteiger partial charge is 0.487 e. The fourth-order valence-electron chi connectivity index (χ4n) is 8.03. The van der Waals surface area contributed by atoms with Gasteiger partial charge in [0.15, 0.2) is 11.6 Å². The van der Waals surface area contributed by atoms with Crippen molar-refractivity contribution in [2.24, 2.45) is 11.7 Å². The molecule has 20 heteroatoms. The minimum absolute atomic E-state index is 0.0132. The Morgan fingerprint density at radius 1 is 0.924 bits per heavy atom. The van der Waals surface area contributed by atoms with Crippen molar-refractivity contribution in [2.45, 2.75) is 84.0 Å². The molecule has 0 spiro atoms. The number of nitrogens with zero attached hydrogens (tertiary/aromatic N) is 4. The second-order valence-electron chi connectivity index (χ2n) is 17.2. The fourth-order valence-corrected chi connectivity index (χ4v) is 8.03. The van der Waals surface area contributed by atoms with Crippen LogP contribution >= 0.6 is 0 Å². The van der Waals surface area contributed by atoms with E-state index in [9.17, 15) is 38.4 Å². The Bertz CT molecular complexity index is 2410. The molecule has 3 aliphatic rings. The van der Waals surface area contributed by atoms with E-state index in [0.717, 1.165) is 18.0 Å². The average Bonchev–Trinajstić information content (AvgIpc) is 3.60. The van der Waals surface area contributed by atoms with E-state index in [1.807, 2.05) is 18.9 Å². The molecule has 0 aliphatic carbocycles. The normalized spacial score (nSPS) is 16.8. The van der Waals surface area contributed by atoms with Crippen molar-refractivity contribution in [2.75, 3.05) is 63.1 Å². The van der Waals surface area contributed by atoms with Gasteiger partial charge in [0.2, 0.25) is 23.2 Å². The highest BCUT2D eigenvalue weighted by Crippen LogP contribution is 2.42. The number of anilines is 2. The van der Waals surface area contributed by atoms with Crippen molar-refractivity contribution in [3.05, 3.63) is 75.8 Å². The van der Waals surface area contributed by atoms with Gasteiger partial charge >= 0.3 is 12.0 Å². The van der Waals surface area contributed by atoms with E-state index in [2.05, 4.69) is 26.2 Å². The predicted molar refractivity (Wildman–Crippen MR) is 242 cm³/mol. The fraction of sp³-hybridized carbons (Fsp3) is 0.478. The number of benzene rings is 2.